The maximum absolute atomic E-state index is 4.30. The van der Waals surface area contributed by atoms with E-state index in [-0.39, 0.29) is 0 Å². The van der Waals surface area contributed by atoms with E-state index >= 15 is 0 Å². The second kappa shape index (κ2) is 1.17. The van der Waals surface area contributed by atoms with Gasteiger partial charge in [-0.15, -0.1) is 0 Å². The minimum absolute atomic E-state index is 0.410. The van der Waals surface area contributed by atoms with Crippen LogP contribution in [0.4, 0.5) is 0 Å². The summed E-state index contributed by atoms with van der Waals surface area (Å²) in [6, 6.07) is 1.17. The van der Waals surface area contributed by atoms with Crippen molar-refractivity contribution in [1.29, 1.82) is 0 Å². The van der Waals surface area contributed by atoms with Crippen LogP contribution in [0.15, 0.2) is 10.2 Å². The highest BCUT2D eigenvalue weighted by Crippen LogP contribution is 2.65. The standard InChI is InChI=1S/C8H12N2/c1-8(2)6-4-3-5(4)7(8)10-9-6/h4-7H,3H2,1-2H3. The molecule has 1 aliphatic heterocycles. The number of azo groups is 1. The van der Waals surface area contributed by atoms with Crippen molar-refractivity contribution in [2.75, 3.05) is 0 Å². The lowest BCUT2D eigenvalue weighted by atomic mass is 9.82. The molecule has 0 amide bonds. The molecule has 0 radical (unpaired) electrons. The van der Waals surface area contributed by atoms with E-state index in [1.807, 2.05) is 0 Å². The zero-order valence-electron chi connectivity index (χ0n) is 6.41. The van der Waals surface area contributed by atoms with Crippen LogP contribution in [-0.2, 0) is 0 Å². The van der Waals surface area contributed by atoms with Gasteiger partial charge in [0.15, 0.2) is 0 Å². The Balaban J connectivity index is 2.11. The maximum atomic E-state index is 4.30. The predicted molar refractivity (Wildman–Crippen MR) is 37.8 cm³/mol. The smallest absolute Gasteiger partial charge is 0.0812 e. The van der Waals surface area contributed by atoms with Crippen molar-refractivity contribution in [1.82, 2.24) is 0 Å². The second-order valence-corrected chi connectivity index (χ2v) is 4.51. The summed E-state index contributed by atoms with van der Waals surface area (Å²) in [5, 5.41) is 8.61. The van der Waals surface area contributed by atoms with Crippen molar-refractivity contribution in [3.63, 3.8) is 0 Å². The molecule has 2 aliphatic carbocycles. The van der Waals surface area contributed by atoms with Crippen LogP contribution in [0.3, 0.4) is 0 Å². The van der Waals surface area contributed by atoms with Crippen molar-refractivity contribution in [2.24, 2.45) is 27.5 Å². The normalized spacial score (nSPS) is 59.0. The highest BCUT2D eigenvalue weighted by Gasteiger charge is 2.67. The van der Waals surface area contributed by atoms with Gasteiger partial charge in [-0.3, -0.25) is 0 Å². The Morgan fingerprint density at radius 3 is 1.90 bits per heavy atom. The molecule has 1 heterocycles. The first-order valence-electron chi connectivity index (χ1n) is 4.11. The van der Waals surface area contributed by atoms with Crippen LogP contribution in [0.25, 0.3) is 0 Å². The van der Waals surface area contributed by atoms with E-state index in [1.54, 1.807) is 0 Å². The monoisotopic (exact) mass is 136 g/mol. The summed E-state index contributed by atoms with van der Waals surface area (Å²) in [6.45, 7) is 4.63. The van der Waals surface area contributed by atoms with Crippen molar-refractivity contribution >= 4 is 0 Å². The highest BCUT2D eigenvalue weighted by atomic mass is 15.3. The van der Waals surface area contributed by atoms with Gasteiger partial charge < -0.3 is 0 Å². The van der Waals surface area contributed by atoms with E-state index in [2.05, 4.69) is 24.1 Å². The van der Waals surface area contributed by atoms with Gasteiger partial charge in [0.05, 0.1) is 12.1 Å². The average Bonchev–Trinajstić information content (AvgIpc) is 2.54. The summed E-state index contributed by atoms with van der Waals surface area (Å²) in [4.78, 5) is 0. The predicted octanol–water partition coefficient (Wildman–Crippen LogP) is 1.87. The van der Waals surface area contributed by atoms with E-state index < -0.39 is 0 Å². The molecule has 0 saturated heterocycles. The minimum Gasteiger partial charge on any atom is -0.190 e. The average molecular weight is 136 g/mol. The third-order valence-corrected chi connectivity index (χ3v) is 3.54. The molecule has 4 atom stereocenters. The molecule has 2 nitrogen and oxygen atoms in total. The molecule has 4 unspecified atom stereocenters. The molecular formula is C8H12N2. The maximum Gasteiger partial charge on any atom is 0.0812 e. The first-order chi connectivity index (χ1) is 4.71. The SMILES string of the molecule is CC1(C)C2N=NC1C1CC12. The van der Waals surface area contributed by atoms with Gasteiger partial charge in [-0.1, -0.05) is 13.8 Å². The van der Waals surface area contributed by atoms with Gasteiger partial charge in [0.1, 0.15) is 0 Å². The van der Waals surface area contributed by atoms with Gasteiger partial charge >= 0.3 is 0 Å². The van der Waals surface area contributed by atoms with Gasteiger partial charge in [0.25, 0.3) is 0 Å². The zero-order valence-corrected chi connectivity index (χ0v) is 6.41. The van der Waals surface area contributed by atoms with Crippen LogP contribution in [0.1, 0.15) is 20.3 Å². The van der Waals surface area contributed by atoms with Crippen LogP contribution < -0.4 is 0 Å². The van der Waals surface area contributed by atoms with Crippen molar-refractivity contribution in [3.8, 4) is 0 Å². The van der Waals surface area contributed by atoms with Gasteiger partial charge in [-0.25, -0.2) is 0 Å². The third-order valence-electron chi connectivity index (χ3n) is 3.54. The lowest BCUT2D eigenvalue weighted by Crippen LogP contribution is -2.29. The Morgan fingerprint density at radius 2 is 1.60 bits per heavy atom. The molecule has 10 heavy (non-hydrogen) atoms. The molecule has 54 valence electrons. The first kappa shape index (κ1) is 5.28. The summed E-state index contributed by atoms with van der Waals surface area (Å²) in [5.74, 6) is 1.86. The van der Waals surface area contributed by atoms with Crippen molar-refractivity contribution < 1.29 is 0 Å². The molecule has 0 aromatic rings. The Morgan fingerprint density at radius 1 is 1.10 bits per heavy atom. The van der Waals surface area contributed by atoms with E-state index in [4.69, 9.17) is 0 Å². The van der Waals surface area contributed by atoms with Crippen LogP contribution in [0.2, 0.25) is 0 Å². The van der Waals surface area contributed by atoms with E-state index in [1.165, 1.54) is 6.42 Å². The van der Waals surface area contributed by atoms with E-state index in [0.717, 1.165) is 11.8 Å². The lowest BCUT2D eigenvalue weighted by molar-refractivity contribution is 0.300. The van der Waals surface area contributed by atoms with Crippen molar-refractivity contribution in [2.45, 2.75) is 32.4 Å². The van der Waals surface area contributed by atoms with Gasteiger partial charge in [0, 0.05) is 5.41 Å². The molecule has 3 rings (SSSR count). The Kier molecular flexibility index (Phi) is 0.618. The molecular weight excluding hydrogens is 124 g/mol. The lowest BCUT2D eigenvalue weighted by Gasteiger charge is -2.23. The quantitative estimate of drug-likeness (QED) is 0.485. The molecule has 0 spiro atoms. The van der Waals surface area contributed by atoms with E-state index in [9.17, 15) is 0 Å². The number of hydrogen-bond acceptors (Lipinski definition) is 2. The van der Waals surface area contributed by atoms with Gasteiger partial charge in [0.2, 0.25) is 0 Å². The Bertz CT molecular complexity index is 199. The van der Waals surface area contributed by atoms with Crippen LogP contribution in [0, 0.1) is 17.3 Å². The largest absolute Gasteiger partial charge is 0.190 e. The fraction of sp³-hybridized carbons (Fsp3) is 1.00. The number of rotatable bonds is 0. The van der Waals surface area contributed by atoms with Crippen LogP contribution in [-0.4, -0.2) is 12.1 Å². The molecule has 2 bridgehead atoms. The van der Waals surface area contributed by atoms with Crippen LogP contribution in [0.5, 0.6) is 0 Å². The van der Waals surface area contributed by atoms with Crippen molar-refractivity contribution in [3.05, 3.63) is 0 Å². The molecule has 0 aromatic carbocycles. The number of fused-ring (bicyclic) bond motifs is 5. The molecule has 2 fully saturated rings. The van der Waals surface area contributed by atoms with Gasteiger partial charge in [-0.05, 0) is 18.3 Å². The highest BCUT2D eigenvalue weighted by molar-refractivity contribution is 5.20. The van der Waals surface area contributed by atoms with Gasteiger partial charge in [-0.2, -0.15) is 10.2 Å². The first-order valence-corrected chi connectivity index (χ1v) is 4.11. The zero-order chi connectivity index (χ0) is 6.93. The summed E-state index contributed by atoms with van der Waals surface area (Å²) < 4.78 is 0. The fourth-order valence-electron chi connectivity index (χ4n) is 2.85. The third kappa shape index (κ3) is 0.354. The molecule has 3 aliphatic rings. The molecule has 2 saturated carbocycles. The summed E-state index contributed by atoms with van der Waals surface area (Å²) in [7, 11) is 0. The Hall–Kier alpha value is -0.400. The summed E-state index contributed by atoms with van der Waals surface area (Å²) in [5.41, 5.74) is 0.410. The summed E-state index contributed by atoms with van der Waals surface area (Å²) >= 11 is 0. The van der Waals surface area contributed by atoms with E-state index in [0.29, 0.717) is 17.5 Å². The van der Waals surface area contributed by atoms with Crippen LogP contribution >= 0.6 is 0 Å². The number of hydrogen-bond donors (Lipinski definition) is 0. The second-order valence-electron chi connectivity index (χ2n) is 4.51. The Labute approximate surface area is 60.7 Å². The minimum atomic E-state index is 0.410. The molecule has 0 aromatic heterocycles. The molecule has 0 N–H and O–H groups in total. The summed E-state index contributed by atoms with van der Waals surface area (Å²) in [6.07, 6.45) is 1.41. The molecule has 2 heteroatoms. The number of nitrogens with zero attached hydrogens (tertiary/aromatic N) is 2. The topological polar surface area (TPSA) is 24.7 Å². The fourth-order valence-corrected chi connectivity index (χ4v) is 2.85.